The van der Waals surface area contributed by atoms with Gasteiger partial charge in [0.05, 0.1) is 4.90 Å². The zero-order valence-corrected chi connectivity index (χ0v) is 19.2. The van der Waals surface area contributed by atoms with E-state index in [1.807, 2.05) is 29.2 Å². The van der Waals surface area contributed by atoms with Gasteiger partial charge in [-0.05, 0) is 42.0 Å². The number of rotatable bonds is 6. The number of anilines is 1. The summed E-state index contributed by atoms with van der Waals surface area (Å²) < 4.78 is 27.7. The number of carbonyl (C=O) groups excluding carboxylic acids is 1. The van der Waals surface area contributed by atoms with Crippen LogP contribution in [0.3, 0.4) is 0 Å². The molecule has 1 N–H and O–H groups in total. The second-order valence-corrected chi connectivity index (χ2v) is 9.23. The summed E-state index contributed by atoms with van der Waals surface area (Å²) in [5, 5.41) is 0. The van der Waals surface area contributed by atoms with Gasteiger partial charge < -0.3 is 4.90 Å². The van der Waals surface area contributed by atoms with Crippen molar-refractivity contribution in [1.82, 2.24) is 9.80 Å². The zero-order valence-electron chi connectivity index (χ0n) is 17.6. The van der Waals surface area contributed by atoms with Crippen LogP contribution in [0, 0.1) is 0 Å². The third kappa shape index (κ3) is 5.88. The SMILES string of the molecule is Cl.O=C(c1ccc(S(=O)(=O)Nc2ccccc2)cc1)N1CCN(Cc2ccccc2)CC1. The van der Waals surface area contributed by atoms with Gasteiger partial charge in [-0.15, -0.1) is 12.4 Å². The second kappa shape index (κ2) is 10.6. The van der Waals surface area contributed by atoms with Crippen molar-refractivity contribution in [2.75, 3.05) is 30.9 Å². The molecule has 4 rings (SSSR count). The van der Waals surface area contributed by atoms with Gasteiger partial charge in [0, 0.05) is 44.0 Å². The highest BCUT2D eigenvalue weighted by Gasteiger charge is 2.23. The van der Waals surface area contributed by atoms with Crippen LogP contribution < -0.4 is 4.72 Å². The fraction of sp³-hybridized carbons (Fsp3) is 0.208. The Morgan fingerprint density at radius 3 is 1.94 bits per heavy atom. The predicted molar refractivity (Wildman–Crippen MR) is 129 cm³/mol. The molecule has 8 heteroatoms. The average Bonchev–Trinajstić information content (AvgIpc) is 2.80. The summed E-state index contributed by atoms with van der Waals surface area (Å²) in [6.07, 6.45) is 0. The maximum Gasteiger partial charge on any atom is 0.261 e. The van der Waals surface area contributed by atoms with Gasteiger partial charge in [-0.3, -0.25) is 14.4 Å². The number of amides is 1. The van der Waals surface area contributed by atoms with Crippen molar-refractivity contribution in [3.8, 4) is 0 Å². The molecule has 1 saturated heterocycles. The number of carbonyl (C=O) groups is 1. The maximum absolute atomic E-state index is 12.9. The first-order chi connectivity index (χ1) is 15.0. The van der Waals surface area contributed by atoms with Crippen LogP contribution in [0.1, 0.15) is 15.9 Å². The number of piperazine rings is 1. The molecular formula is C24H26ClN3O3S. The Kier molecular flexibility index (Phi) is 7.90. The summed E-state index contributed by atoms with van der Waals surface area (Å²) in [4.78, 5) is 17.1. The molecular weight excluding hydrogens is 446 g/mol. The first-order valence-electron chi connectivity index (χ1n) is 10.2. The molecule has 0 bridgehead atoms. The fourth-order valence-corrected chi connectivity index (χ4v) is 4.69. The van der Waals surface area contributed by atoms with Crippen LogP contribution >= 0.6 is 12.4 Å². The van der Waals surface area contributed by atoms with E-state index in [1.54, 1.807) is 36.4 Å². The smallest absolute Gasteiger partial charge is 0.261 e. The van der Waals surface area contributed by atoms with Crippen molar-refractivity contribution >= 4 is 34.0 Å². The molecule has 0 aliphatic carbocycles. The van der Waals surface area contributed by atoms with Crippen LogP contribution in [-0.2, 0) is 16.6 Å². The van der Waals surface area contributed by atoms with Crippen molar-refractivity contribution in [2.24, 2.45) is 0 Å². The predicted octanol–water partition coefficient (Wildman–Crippen LogP) is 3.87. The standard InChI is InChI=1S/C24H25N3O3S.ClH/c28-24(27-17-15-26(16-18-27)19-20-7-3-1-4-8-20)21-11-13-23(14-12-21)31(29,30)25-22-9-5-2-6-10-22;/h1-14,25H,15-19H2;1H. The molecule has 168 valence electrons. The number of para-hydroxylation sites is 1. The number of hydrogen-bond acceptors (Lipinski definition) is 4. The maximum atomic E-state index is 12.9. The number of nitrogens with zero attached hydrogens (tertiary/aromatic N) is 2. The van der Waals surface area contributed by atoms with E-state index >= 15 is 0 Å². The molecule has 1 heterocycles. The quantitative estimate of drug-likeness (QED) is 0.592. The molecule has 0 spiro atoms. The van der Waals surface area contributed by atoms with Crippen LogP contribution in [0.15, 0.2) is 89.8 Å². The molecule has 1 aliphatic rings. The normalized spacial score (nSPS) is 14.4. The largest absolute Gasteiger partial charge is 0.336 e. The third-order valence-electron chi connectivity index (χ3n) is 5.35. The Bertz CT molecular complexity index is 1120. The Morgan fingerprint density at radius 2 is 1.34 bits per heavy atom. The fourth-order valence-electron chi connectivity index (χ4n) is 3.63. The lowest BCUT2D eigenvalue weighted by atomic mass is 10.1. The van der Waals surface area contributed by atoms with Gasteiger partial charge in [-0.2, -0.15) is 0 Å². The molecule has 1 aliphatic heterocycles. The van der Waals surface area contributed by atoms with Gasteiger partial charge in [0.1, 0.15) is 0 Å². The first-order valence-corrected chi connectivity index (χ1v) is 11.7. The van der Waals surface area contributed by atoms with Crippen LogP contribution in [0.4, 0.5) is 5.69 Å². The van der Waals surface area contributed by atoms with E-state index < -0.39 is 10.0 Å². The zero-order chi connectivity index (χ0) is 21.7. The van der Waals surface area contributed by atoms with E-state index in [2.05, 4.69) is 21.8 Å². The minimum absolute atomic E-state index is 0. The highest BCUT2D eigenvalue weighted by Crippen LogP contribution is 2.18. The topological polar surface area (TPSA) is 69.7 Å². The Labute approximate surface area is 195 Å². The van der Waals surface area contributed by atoms with Gasteiger partial charge in [0.2, 0.25) is 0 Å². The molecule has 3 aromatic carbocycles. The molecule has 0 radical (unpaired) electrons. The number of hydrogen-bond donors (Lipinski definition) is 1. The van der Waals surface area contributed by atoms with Crippen LogP contribution in [-0.4, -0.2) is 50.3 Å². The van der Waals surface area contributed by atoms with Gasteiger partial charge in [-0.25, -0.2) is 8.42 Å². The Balaban J connectivity index is 0.00000289. The molecule has 1 fully saturated rings. The van der Waals surface area contributed by atoms with Crippen LogP contribution in [0.5, 0.6) is 0 Å². The lowest BCUT2D eigenvalue weighted by Gasteiger charge is -2.34. The third-order valence-corrected chi connectivity index (χ3v) is 6.74. The van der Waals surface area contributed by atoms with Gasteiger partial charge >= 0.3 is 0 Å². The van der Waals surface area contributed by atoms with E-state index in [0.29, 0.717) is 24.3 Å². The molecule has 32 heavy (non-hydrogen) atoms. The summed E-state index contributed by atoms with van der Waals surface area (Å²) in [5.41, 5.74) is 2.26. The molecule has 0 saturated carbocycles. The molecule has 3 aromatic rings. The lowest BCUT2D eigenvalue weighted by Crippen LogP contribution is -2.48. The van der Waals surface area contributed by atoms with Crippen molar-refractivity contribution in [3.05, 3.63) is 96.1 Å². The van der Waals surface area contributed by atoms with Crippen molar-refractivity contribution in [2.45, 2.75) is 11.4 Å². The van der Waals surface area contributed by atoms with E-state index in [0.717, 1.165) is 19.6 Å². The van der Waals surface area contributed by atoms with Gasteiger partial charge in [-0.1, -0.05) is 48.5 Å². The van der Waals surface area contributed by atoms with E-state index in [-0.39, 0.29) is 23.2 Å². The summed E-state index contributed by atoms with van der Waals surface area (Å²) in [7, 11) is -3.70. The minimum atomic E-state index is -3.70. The van der Waals surface area contributed by atoms with Crippen LogP contribution in [0.2, 0.25) is 0 Å². The summed E-state index contributed by atoms with van der Waals surface area (Å²) in [6, 6.07) is 25.1. The van der Waals surface area contributed by atoms with Crippen molar-refractivity contribution in [3.63, 3.8) is 0 Å². The van der Waals surface area contributed by atoms with E-state index in [1.165, 1.54) is 17.7 Å². The minimum Gasteiger partial charge on any atom is -0.336 e. The Morgan fingerprint density at radius 1 is 0.781 bits per heavy atom. The molecule has 1 amide bonds. The first kappa shape index (κ1) is 23.8. The number of sulfonamides is 1. The monoisotopic (exact) mass is 471 g/mol. The second-order valence-electron chi connectivity index (χ2n) is 7.55. The molecule has 0 unspecified atom stereocenters. The summed E-state index contributed by atoms with van der Waals surface area (Å²) in [6.45, 7) is 3.81. The highest BCUT2D eigenvalue weighted by molar-refractivity contribution is 7.92. The Hall–Kier alpha value is -2.87. The van der Waals surface area contributed by atoms with Crippen LogP contribution in [0.25, 0.3) is 0 Å². The highest BCUT2D eigenvalue weighted by atomic mass is 35.5. The van der Waals surface area contributed by atoms with Gasteiger partial charge in [0.25, 0.3) is 15.9 Å². The lowest BCUT2D eigenvalue weighted by molar-refractivity contribution is 0.0628. The van der Waals surface area contributed by atoms with E-state index in [9.17, 15) is 13.2 Å². The van der Waals surface area contributed by atoms with Gasteiger partial charge in [0.15, 0.2) is 0 Å². The van der Waals surface area contributed by atoms with Crippen molar-refractivity contribution < 1.29 is 13.2 Å². The molecule has 0 atom stereocenters. The molecule has 6 nitrogen and oxygen atoms in total. The number of benzene rings is 3. The summed E-state index contributed by atoms with van der Waals surface area (Å²) >= 11 is 0. The average molecular weight is 472 g/mol. The number of halogens is 1. The van der Waals surface area contributed by atoms with Crippen molar-refractivity contribution in [1.29, 1.82) is 0 Å². The molecule has 0 aromatic heterocycles. The summed E-state index contributed by atoms with van der Waals surface area (Å²) in [5.74, 6) is -0.0701. The van der Waals surface area contributed by atoms with E-state index in [4.69, 9.17) is 0 Å². The number of nitrogens with one attached hydrogen (secondary N) is 1.